The Bertz CT molecular complexity index is 1420. The molecule has 0 aliphatic carbocycles. The van der Waals surface area contributed by atoms with Gasteiger partial charge in [-0.05, 0) is 47.9 Å². The fourth-order valence-corrected chi connectivity index (χ4v) is 6.69. The molecule has 3 aromatic rings. The molecule has 2 saturated heterocycles. The lowest BCUT2D eigenvalue weighted by atomic mass is 9.74. The van der Waals surface area contributed by atoms with Gasteiger partial charge in [-0.1, -0.05) is 53.5 Å². The first-order valence-corrected chi connectivity index (χ1v) is 12.8. The number of benzene rings is 3. The summed E-state index contributed by atoms with van der Waals surface area (Å²) < 4.78 is 20.4. The normalized spacial score (nSPS) is 26.3. The maximum Gasteiger partial charge on any atom is 0.337 e. The van der Waals surface area contributed by atoms with Gasteiger partial charge in [0, 0.05) is 47.4 Å². The summed E-state index contributed by atoms with van der Waals surface area (Å²) in [5, 5.41) is 7.14. The first kappa shape index (κ1) is 24.4. The largest absolute Gasteiger partial charge is 0.465 e. The minimum absolute atomic E-state index is 0.0220. The molecule has 6 rings (SSSR count). The van der Waals surface area contributed by atoms with Gasteiger partial charge in [-0.3, -0.25) is 15.0 Å². The molecule has 2 N–H and O–H groups in total. The quantitative estimate of drug-likeness (QED) is 0.451. The molecule has 2 fully saturated rings. The minimum atomic E-state index is -1.17. The third-order valence-corrected chi connectivity index (χ3v) is 8.40. The third-order valence-electron chi connectivity index (χ3n) is 7.87. The predicted octanol–water partition coefficient (Wildman–Crippen LogP) is 5.10. The molecule has 0 radical (unpaired) electrons. The number of amides is 1. The Hall–Kier alpha value is -2.97. The van der Waals surface area contributed by atoms with E-state index in [4.69, 9.17) is 27.9 Å². The molecular formula is C28H24Cl2FN3O3. The van der Waals surface area contributed by atoms with Crippen LogP contribution in [0.25, 0.3) is 0 Å². The Morgan fingerprint density at radius 3 is 2.70 bits per heavy atom. The second-order valence-electron chi connectivity index (χ2n) is 9.76. The minimum Gasteiger partial charge on any atom is -0.465 e. The monoisotopic (exact) mass is 539 g/mol. The zero-order valence-electron chi connectivity index (χ0n) is 19.9. The first-order chi connectivity index (χ1) is 17.8. The summed E-state index contributed by atoms with van der Waals surface area (Å²) in [6.45, 7) is 1.35. The molecule has 0 bridgehead atoms. The summed E-state index contributed by atoms with van der Waals surface area (Å²) in [6, 6.07) is 17.3. The van der Waals surface area contributed by atoms with Crippen molar-refractivity contribution in [1.29, 1.82) is 0 Å². The van der Waals surface area contributed by atoms with E-state index in [0.717, 1.165) is 24.1 Å². The molecule has 0 saturated carbocycles. The van der Waals surface area contributed by atoms with Gasteiger partial charge in [0.05, 0.1) is 17.7 Å². The van der Waals surface area contributed by atoms with Gasteiger partial charge >= 0.3 is 5.97 Å². The lowest BCUT2D eigenvalue weighted by Crippen LogP contribution is -2.50. The van der Waals surface area contributed by atoms with Crippen LogP contribution in [0.1, 0.15) is 39.4 Å². The summed E-state index contributed by atoms with van der Waals surface area (Å²) in [5.41, 5.74) is 2.09. The number of hydrogen-bond donors (Lipinski definition) is 2. The van der Waals surface area contributed by atoms with Crippen molar-refractivity contribution in [1.82, 2.24) is 10.2 Å². The van der Waals surface area contributed by atoms with Crippen LogP contribution in [0.4, 0.5) is 10.1 Å². The van der Waals surface area contributed by atoms with E-state index in [-0.39, 0.29) is 23.0 Å². The van der Waals surface area contributed by atoms with Crippen molar-refractivity contribution in [2.75, 3.05) is 19.0 Å². The van der Waals surface area contributed by atoms with Crippen molar-refractivity contribution >= 4 is 40.8 Å². The predicted molar refractivity (Wildman–Crippen MR) is 139 cm³/mol. The molecule has 1 spiro atoms. The zero-order valence-corrected chi connectivity index (χ0v) is 21.4. The molecule has 3 aromatic carbocycles. The zero-order chi connectivity index (χ0) is 25.9. The maximum absolute atomic E-state index is 15.6. The molecule has 4 atom stereocenters. The number of halogens is 3. The van der Waals surface area contributed by atoms with Gasteiger partial charge in [0.15, 0.2) is 0 Å². The number of carbonyl (C=O) groups is 2. The van der Waals surface area contributed by atoms with Crippen LogP contribution >= 0.6 is 23.2 Å². The number of nitrogens with one attached hydrogen (secondary N) is 2. The Morgan fingerprint density at radius 1 is 1.16 bits per heavy atom. The van der Waals surface area contributed by atoms with Crippen LogP contribution in [0.5, 0.6) is 0 Å². The molecule has 190 valence electrons. The van der Waals surface area contributed by atoms with Crippen LogP contribution < -0.4 is 10.6 Å². The molecule has 3 aliphatic rings. The highest BCUT2D eigenvalue weighted by Gasteiger charge is 2.65. The number of anilines is 1. The second-order valence-corrected chi connectivity index (χ2v) is 10.6. The van der Waals surface area contributed by atoms with Gasteiger partial charge < -0.3 is 10.1 Å². The fourth-order valence-electron chi connectivity index (χ4n) is 6.34. The first-order valence-electron chi connectivity index (χ1n) is 12.1. The van der Waals surface area contributed by atoms with Crippen molar-refractivity contribution in [2.45, 2.75) is 36.5 Å². The van der Waals surface area contributed by atoms with E-state index in [1.165, 1.54) is 13.2 Å². The third kappa shape index (κ3) is 3.76. The van der Waals surface area contributed by atoms with E-state index in [1.807, 2.05) is 18.2 Å². The van der Waals surface area contributed by atoms with Crippen molar-refractivity contribution in [3.8, 4) is 0 Å². The van der Waals surface area contributed by atoms with E-state index in [2.05, 4.69) is 15.5 Å². The molecule has 9 heteroatoms. The smallest absolute Gasteiger partial charge is 0.337 e. The Morgan fingerprint density at radius 2 is 1.95 bits per heavy atom. The number of ether oxygens (including phenoxy) is 1. The standard InChI is InChI=1S/C28H24Cl2FN3O3/c1-37-26(35)16-7-5-15(6-8-16)14-34-12-11-21-25(34)23(18-3-2-4-20(30)24(18)31)28(33-21)19-10-9-17(29)13-22(19)32-27(28)36/h2-10,13,21,23,25,33H,11-12,14H2,1H3,(H,32,36)/t21-,23-,25+,28+/m0/s1. The number of carbonyl (C=O) groups excluding carboxylic acids is 2. The van der Waals surface area contributed by atoms with Crippen LogP contribution in [0.3, 0.4) is 0 Å². The van der Waals surface area contributed by atoms with Crippen molar-refractivity contribution in [2.24, 2.45) is 0 Å². The number of nitrogens with zero attached hydrogens (tertiary/aromatic N) is 1. The average molecular weight is 540 g/mol. The molecule has 3 heterocycles. The number of methoxy groups -OCH3 is 1. The molecule has 3 aliphatic heterocycles. The fraction of sp³-hybridized carbons (Fsp3) is 0.286. The Kier molecular flexibility index (Phi) is 5.99. The molecule has 1 amide bonds. The van der Waals surface area contributed by atoms with E-state index >= 15 is 4.39 Å². The topological polar surface area (TPSA) is 70.7 Å². The maximum atomic E-state index is 15.6. The lowest BCUT2D eigenvalue weighted by Gasteiger charge is -2.36. The van der Waals surface area contributed by atoms with Gasteiger partial charge in [0.2, 0.25) is 5.91 Å². The van der Waals surface area contributed by atoms with Crippen molar-refractivity contribution in [3.05, 3.63) is 98.8 Å². The number of esters is 1. The van der Waals surface area contributed by atoms with Gasteiger partial charge in [0.1, 0.15) is 11.4 Å². The summed E-state index contributed by atoms with van der Waals surface area (Å²) >= 11 is 12.5. The second kappa shape index (κ2) is 9.10. The van der Waals surface area contributed by atoms with Crippen LogP contribution in [-0.4, -0.2) is 42.5 Å². The van der Waals surface area contributed by atoms with Gasteiger partial charge in [0.25, 0.3) is 0 Å². The van der Waals surface area contributed by atoms with Crippen molar-refractivity contribution in [3.63, 3.8) is 0 Å². The number of likely N-dealkylation sites (tertiary alicyclic amines) is 1. The van der Waals surface area contributed by atoms with E-state index in [9.17, 15) is 9.59 Å². The van der Waals surface area contributed by atoms with Crippen LogP contribution in [0.2, 0.25) is 10.0 Å². The molecule has 0 unspecified atom stereocenters. The molecule has 6 nitrogen and oxygen atoms in total. The van der Waals surface area contributed by atoms with Crippen LogP contribution in [0, 0.1) is 5.82 Å². The van der Waals surface area contributed by atoms with Gasteiger partial charge in [-0.25, -0.2) is 9.18 Å². The molecule has 0 aromatic heterocycles. The number of hydrogen-bond acceptors (Lipinski definition) is 5. The van der Waals surface area contributed by atoms with E-state index in [1.54, 1.807) is 36.4 Å². The van der Waals surface area contributed by atoms with Crippen molar-refractivity contribution < 1.29 is 18.7 Å². The highest BCUT2D eigenvalue weighted by atomic mass is 35.5. The number of fused-ring (bicyclic) bond motifs is 3. The van der Waals surface area contributed by atoms with Crippen LogP contribution in [-0.2, 0) is 21.6 Å². The Balaban J connectivity index is 1.44. The molecular weight excluding hydrogens is 516 g/mol. The van der Waals surface area contributed by atoms with E-state index < -0.39 is 23.2 Å². The van der Waals surface area contributed by atoms with Crippen LogP contribution in [0.15, 0.2) is 60.7 Å². The average Bonchev–Trinajstić information content (AvgIpc) is 3.52. The summed E-state index contributed by atoms with van der Waals surface area (Å²) in [7, 11) is 1.35. The lowest BCUT2D eigenvalue weighted by molar-refractivity contribution is -0.122. The molecule has 37 heavy (non-hydrogen) atoms. The number of rotatable bonds is 4. The SMILES string of the molecule is COC(=O)c1ccc(CN2CC[C@@H]3N[C@@]4(C(=O)Nc5cc(Cl)ccc54)[C@@H](c4cccc(Cl)c4F)[C@@H]32)cc1. The Labute approximate surface area is 223 Å². The summed E-state index contributed by atoms with van der Waals surface area (Å²) in [6.07, 6.45) is 0.793. The summed E-state index contributed by atoms with van der Waals surface area (Å²) in [4.78, 5) is 27.9. The summed E-state index contributed by atoms with van der Waals surface area (Å²) in [5.74, 6) is -1.68. The van der Waals surface area contributed by atoms with E-state index in [0.29, 0.717) is 28.4 Å². The van der Waals surface area contributed by atoms with Gasteiger partial charge in [-0.2, -0.15) is 0 Å². The van der Waals surface area contributed by atoms with Gasteiger partial charge in [-0.15, -0.1) is 0 Å². The highest BCUT2D eigenvalue weighted by Crippen LogP contribution is 2.55. The highest BCUT2D eigenvalue weighted by molar-refractivity contribution is 6.31.